The number of nitrogens with zero attached hydrogens (tertiary/aromatic N) is 1. The van der Waals surface area contributed by atoms with Crippen LogP contribution >= 0.6 is 0 Å². The van der Waals surface area contributed by atoms with E-state index < -0.39 is 22.7 Å². The lowest BCUT2D eigenvalue weighted by atomic mass is 10.2. The number of furan rings is 1. The molecule has 0 bridgehead atoms. The average Bonchev–Trinajstić information content (AvgIpc) is 2.50. The first-order valence-electron chi connectivity index (χ1n) is 5.32. The Kier molecular flexibility index (Phi) is 4.33. The van der Waals surface area contributed by atoms with Crippen LogP contribution in [0.4, 0.5) is 13.2 Å². The molecule has 0 radical (unpaired) electrons. The molecule has 0 saturated heterocycles. The number of sulfonamides is 1. The maximum Gasteiger partial charge on any atom is 0.402 e. The quantitative estimate of drug-likeness (QED) is 0.915. The van der Waals surface area contributed by atoms with Gasteiger partial charge in [-0.25, -0.2) is 8.42 Å². The Balaban J connectivity index is 3.28. The molecule has 1 heterocycles. The van der Waals surface area contributed by atoms with Gasteiger partial charge in [0.15, 0.2) is 0 Å². The number of halogens is 3. The van der Waals surface area contributed by atoms with E-state index in [1.807, 2.05) is 0 Å². The Hall–Kier alpha value is -1.06. The van der Waals surface area contributed by atoms with Gasteiger partial charge in [0.1, 0.15) is 23.0 Å². The summed E-state index contributed by atoms with van der Waals surface area (Å²) in [4.78, 5) is -0.278. The fourth-order valence-corrected chi connectivity index (χ4v) is 3.35. The molecule has 0 aliphatic rings. The smallest absolute Gasteiger partial charge is 0.402 e. The standard InChI is InChI=1S/C10H15F3N2O3S/c1-6-8(4-14)9(7(2)18-6)19(16,17)15(3)5-10(11,12)13/h4-5,14H2,1-3H3. The molecule has 1 aromatic heterocycles. The molecule has 0 saturated carbocycles. The van der Waals surface area contributed by atoms with Crippen LogP contribution in [0.15, 0.2) is 9.31 Å². The monoisotopic (exact) mass is 300 g/mol. The second-order valence-electron chi connectivity index (χ2n) is 4.10. The molecule has 19 heavy (non-hydrogen) atoms. The van der Waals surface area contributed by atoms with Crippen LogP contribution in [0.25, 0.3) is 0 Å². The van der Waals surface area contributed by atoms with Crippen molar-refractivity contribution in [3.8, 4) is 0 Å². The van der Waals surface area contributed by atoms with E-state index in [1.165, 1.54) is 13.8 Å². The minimum Gasteiger partial charge on any atom is -0.465 e. The highest BCUT2D eigenvalue weighted by molar-refractivity contribution is 7.89. The molecule has 0 unspecified atom stereocenters. The summed E-state index contributed by atoms with van der Waals surface area (Å²) in [6.45, 7) is 1.19. The number of rotatable bonds is 4. The van der Waals surface area contributed by atoms with Crippen molar-refractivity contribution in [2.75, 3.05) is 13.6 Å². The number of aryl methyl sites for hydroxylation is 2. The lowest BCUT2D eigenvalue weighted by Crippen LogP contribution is -2.36. The van der Waals surface area contributed by atoms with E-state index in [2.05, 4.69) is 0 Å². The molecule has 2 N–H and O–H groups in total. The van der Waals surface area contributed by atoms with Crippen LogP contribution in [0.5, 0.6) is 0 Å². The van der Waals surface area contributed by atoms with Gasteiger partial charge in [-0.05, 0) is 13.8 Å². The van der Waals surface area contributed by atoms with Crippen LogP contribution in [0, 0.1) is 13.8 Å². The third-order valence-corrected chi connectivity index (χ3v) is 4.60. The molecule has 9 heteroatoms. The van der Waals surface area contributed by atoms with Crippen molar-refractivity contribution >= 4 is 10.0 Å². The third-order valence-electron chi connectivity index (χ3n) is 2.60. The van der Waals surface area contributed by atoms with Gasteiger partial charge >= 0.3 is 6.18 Å². The predicted molar refractivity (Wildman–Crippen MR) is 61.9 cm³/mol. The van der Waals surface area contributed by atoms with Gasteiger partial charge < -0.3 is 10.2 Å². The first kappa shape index (κ1) is 16.0. The van der Waals surface area contributed by atoms with Crippen molar-refractivity contribution in [2.45, 2.75) is 31.5 Å². The Bertz CT molecular complexity index is 563. The van der Waals surface area contributed by atoms with Crippen LogP contribution in [0.3, 0.4) is 0 Å². The van der Waals surface area contributed by atoms with E-state index in [9.17, 15) is 21.6 Å². The van der Waals surface area contributed by atoms with Crippen molar-refractivity contribution in [2.24, 2.45) is 5.73 Å². The van der Waals surface area contributed by atoms with Gasteiger partial charge in [-0.15, -0.1) is 0 Å². The van der Waals surface area contributed by atoms with Gasteiger partial charge in [0.2, 0.25) is 10.0 Å². The van der Waals surface area contributed by atoms with Gasteiger partial charge in [0.25, 0.3) is 0 Å². The second-order valence-corrected chi connectivity index (χ2v) is 6.08. The highest BCUT2D eigenvalue weighted by Gasteiger charge is 2.37. The normalized spacial score (nSPS) is 13.3. The Morgan fingerprint density at radius 2 is 1.79 bits per heavy atom. The fourth-order valence-electron chi connectivity index (χ4n) is 1.78. The zero-order chi connectivity index (χ0) is 15.0. The van der Waals surface area contributed by atoms with Crippen LogP contribution < -0.4 is 5.73 Å². The molecular weight excluding hydrogens is 285 g/mol. The minimum absolute atomic E-state index is 0.0342. The highest BCUT2D eigenvalue weighted by Crippen LogP contribution is 2.29. The van der Waals surface area contributed by atoms with E-state index in [-0.39, 0.29) is 27.1 Å². The summed E-state index contributed by atoms with van der Waals surface area (Å²) in [5.41, 5.74) is 5.62. The Morgan fingerprint density at radius 3 is 2.21 bits per heavy atom. The highest BCUT2D eigenvalue weighted by atomic mass is 32.2. The Labute approximate surface area is 109 Å². The average molecular weight is 300 g/mol. The van der Waals surface area contributed by atoms with E-state index in [0.717, 1.165) is 7.05 Å². The van der Waals surface area contributed by atoms with Crippen molar-refractivity contribution in [1.29, 1.82) is 0 Å². The van der Waals surface area contributed by atoms with Crippen LogP contribution in [0.2, 0.25) is 0 Å². The maximum atomic E-state index is 12.3. The second kappa shape index (κ2) is 5.14. The largest absolute Gasteiger partial charge is 0.465 e. The Morgan fingerprint density at radius 1 is 1.26 bits per heavy atom. The summed E-state index contributed by atoms with van der Waals surface area (Å²) in [6, 6.07) is 0. The molecule has 1 rings (SSSR count). The molecule has 0 spiro atoms. The van der Waals surface area contributed by atoms with Crippen LogP contribution in [0.1, 0.15) is 17.1 Å². The molecular formula is C10H15F3N2O3S. The zero-order valence-electron chi connectivity index (χ0n) is 10.7. The summed E-state index contributed by atoms with van der Waals surface area (Å²) in [6.07, 6.45) is -4.61. The SMILES string of the molecule is Cc1oc(C)c(S(=O)(=O)N(C)CC(F)(F)F)c1CN. The summed E-state index contributed by atoms with van der Waals surface area (Å²) >= 11 is 0. The van der Waals surface area contributed by atoms with E-state index in [4.69, 9.17) is 10.2 Å². The zero-order valence-corrected chi connectivity index (χ0v) is 11.5. The van der Waals surface area contributed by atoms with Crippen molar-refractivity contribution in [1.82, 2.24) is 4.31 Å². The molecule has 0 fully saturated rings. The molecule has 5 nitrogen and oxygen atoms in total. The summed E-state index contributed by atoms with van der Waals surface area (Å²) < 4.78 is 66.5. The lowest BCUT2D eigenvalue weighted by molar-refractivity contribution is -0.134. The molecule has 0 atom stereocenters. The van der Waals surface area contributed by atoms with Crippen molar-refractivity contribution < 1.29 is 26.0 Å². The number of alkyl halides is 3. The number of nitrogens with two attached hydrogens (primary N) is 1. The summed E-state index contributed by atoms with van der Waals surface area (Å²) in [5, 5.41) is 0. The summed E-state index contributed by atoms with van der Waals surface area (Å²) in [5.74, 6) is 0.325. The molecule has 0 aromatic carbocycles. The molecule has 0 aliphatic heterocycles. The molecule has 110 valence electrons. The van der Waals surface area contributed by atoms with Crippen LogP contribution in [-0.4, -0.2) is 32.5 Å². The lowest BCUT2D eigenvalue weighted by Gasteiger charge is -2.19. The topological polar surface area (TPSA) is 76.5 Å². The number of hydrogen-bond acceptors (Lipinski definition) is 4. The van der Waals surface area contributed by atoms with Gasteiger partial charge in [0, 0.05) is 19.2 Å². The van der Waals surface area contributed by atoms with Crippen molar-refractivity contribution in [3.05, 3.63) is 17.1 Å². The minimum atomic E-state index is -4.61. The van der Waals surface area contributed by atoms with E-state index in [1.54, 1.807) is 0 Å². The van der Waals surface area contributed by atoms with Gasteiger partial charge in [-0.3, -0.25) is 0 Å². The predicted octanol–water partition coefficient (Wildman–Crippen LogP) is 1.54. The van der Waals surface area contributed by atoms with E-state index in [0.29, 0.717) is 5.76 Å². The van der Waals surface area contributed by atoms with Crippen molar-refractivity contribution in [3.63, 3.8) is 0 Å². The number of hydrogen-bond donors (Lipinski definition) is 1. The van der Waals surface area contributed by atoms with Gasteiger partial charge in [-0.1, -0.05) is 0 Å². The molecule has 0 aliphatic carbocycles. The molecule has 1 aromatic rings. The fraction of sp³-hybridized carbons (Fsp3) is 0.600. The maximum absolute atomic E-state index is 12.3. The van der Waals surface area contributed by atoms with E-state index >= 15 is 0 Å². The first-order chi connectivity index (χ1) is 8.50. The van der Waals surface area contributed by atoms with Gasteiger partial charge in [0.05, 0.1) is 0 Å². The first-order valence-corrected chi connectivity index (χ1v) is 6.76. The molecule has 0 amide bonds. The van der Waals surface area contributed by atoms with Gasteiger partial charge in [-0.2, -0.15) is 17.5 Å². The summed E-state index contributed by atoms with van der Waals surface area (Å²) in [7, 11) is -3.42. The van der Waals surface area contributed by atoms with Crippen LogP contribution in [-0.2, 0) is 16.6 Å². The third kappa shape index (κ3) is 3.28.